The van der Waals surface area contributed by atoms with Gasteiger partial charge in [-0.2, -0.15) is 5.10 Å². The van der Waals surface area contributed by atoms with E-state index in [0.29, 0.717) is 13.2 Å². The number of aryl methyl sites for hydroxylation is 2. The molecule has 0 spiro atoms. The molecule has 0 aliphatic rings. The smallest absolute Gasteiger partial charge is 0.307 e. The predicted octanol–water partition coefficient (Wildman–Crippen LogP) is 5.00. The molecule has 4 rings (SSSR count). The van der Waals surface area contributed by atoms with Crippen molar-refractivity contribution in [1.29, 1.82) is 0 Å². The first kappa shape index (κ1) is 20.4. The Morgan fingerprint density at radius 1 is 0.871 bits per heavy atom. The normalized spacial score (nSPS) is 10.7. The summed E-state index contributed by atoms with van der Waals surface area (Å²) >= 11 is 0. The van der Waals surface area contributed by atoms with E-state index in [1.165, 1.54) is 5.56 Å². The summed E-state index contributed by atoms with van der Waals surface area (Å²) in [7, 11) is 0. The molecule has 1 aromatic heterocycles. The molecule has 0 bridgehead atoms. The van der Waals surface area contributed by atoms with Crippen LogP contribution in [0.25, 0.3) is 11.3 Å². The second-order valence-corrected chi connectivity index (χ2v) is 7.37. The Morgan fingerprint density at radius 3 is 2.23 bits per heavy atom. The molecule has 0 amide bonds. The first-order valence-corrected chi connectivity index (χ1v) is 10.3. The average Bonchev–Trinajstić information content (AvgIpc) is 3.20. The molecule has 1 heterocycles. The number of ether oxygens (including phenoxy) is 1. The largest absolute Gasteiger partial charge is 0.489 e. The van der Waals surface area contributed by atoms with Crippen LogP contribution in [0.3, 0.4) is 0 Å². The van der Waals surface area contributed by atoms with Gasteiger partial charge in [0.2, 0.25) is 0 Å². The highest BCUT2D eigenvalue weighted by Crippen LogP contribution is 2.23. The van der Waals surface area contributed by atoms with Gasteiger partial charge in [0.25, 0.3) is 0 Å². The van der Waals surface area contributed by atoms with Crippen LogP contribution in [0.1, 0.15) is 16.7 Å². The lowest BCUT2D eigenvalue weighted by molar-refractivity contribution is -0.136. The van der Waals surface area contributed by atoms with E-state index in [1.54, 1.807) is 0 Å². The molecule has 3 aromatic carbocycles. The van der Waals surface area contributed by atoms with Crippen LogP contribution in [0, 0.1) is 0 Å². The Hall–Kier alpha value is -3.86. The van der Waals surface area contributed by atoms with Gasteiger partial charge < -0.3 is 9.84 Å². The molecule has 31 heavy (non-hydrogen) atoms. The van der Waals surface area contributed by atoms with Gasteiger partial charge in [-0.15, -0.1) is 0 Å². The lowest BCUT2D eigenvalue weighted by Gasteiger charge is -2.07. The van der Waals surface area contributed by atoms with Crippen molar-refractivity contribution in [2.45, 2.75) is 26.0 Å². The van der Waals surface area contributed by atoms with Gasteiger partial charge in [-0.3, -0.25) is 9.48 Å². The highest BCUT2D eigenvalue weighted by Gasteiger charge is 2.14. The summed E-state index contributed by atoms with van der Waals surface area (Å²) in [6.07, 6.45) is 2.59. The summed E-state index contributed by atoms with van der Waals surface area (Å²) in [5, 5.41) is 13.9. The predicted molar refractivity (Wildman–Crippen MR) is 120 cm³/mol. The molecule has 0 aliphatic carbocycles. The van der Waals surface area contributed by atoms with Gasteiger partial charge in [-0.05, 0) is 29.7 Å². The molecule has 0 unspecified atom stereocenters. The van der Waals surface area contributed by atoms with Gasteiger partial charge >= 0.3 is 5.97 Å². The van der Waals surface area contributed by atoms with Crippen LogP contribution in [0.5, 0.6) is 5.75 Å². The van der Waals surface area contributed by atoms with E-state index >= 15 is 0 Å². The molecule has 0 saturated carbocycles. The number of benzene rings is 3. The van der Waals surface area contributed by atoms with Crippen molar-refractivity contribution >= 4 is 5.97 Å². The summed E-state index contributed by atoms with van der Waals surface area (Å²) in [6, 6.07) is 27.8. The van der Waals surface area contributed by atoms with Gasteiger partial charge in [-0.25, -0.2) is 0 Å². The number of aromatic nitrogens is 2. The van der Waals surface area contributed by atoms with Crippen molar-refractivity contribution in [1.82, 2.24) is 9.78 Å². The van der Waals surface area contributed by atoms with Gasteiger partial charge in [0.05, 0.1) is 12.1 Å². The molecule has 0 radical (unpaired) electrons. The second kappa shape index (κ2) is 9.76. The maximum absolute atomic E-state index is 11.3. The fourth-order valence-corrected chi connectivity index (χ4v) is 3.45. The number of nitrogens with zero attached hydrogens (tertiary/aromatic N) is 2. The molecule has 0 saturated heterocycles. The summed E-state index contributed by atoms with van der Waals surface area (Å²) in [5.74, 6) is -0.0235. The molecule has 0 aliphatic heterocycles. The van der Waals surface area contributed by atoms with Gasteiger partial charge in [0.15, 0.2) is 0 Å². The third kappa shape index (κ3) is 5.60. The minimum Gasteiger partial charge on any atom is -0.489 e. The van der Waals surface area contributed by atoms with Crippen LogP contribution in [0.4, 0.5) is 0 Å². The topological polar surface area (TPSA) is 64.3 Å². The van der Waals surface area contributed by atoms with Gasteiger partial charge in [0, 0.05) is 23.9 Å². The second-order valence-electron chi connectivity index (χ2n) is 7.37. The van der Waals surface area contributed by atoms with Crippen LogP contribution in [-0.4, -0.2) is 20.9 Å². The van der Waals surface area contributed by atoms with Crippen LogP contribution in [0.2, 0.25) is 0 Å². The van der Waals surface area contributed by atoms with Crippen molar-refractivity contribution in [3.05, 3.63) is 108 Å². The zero-order chi connectivity index (χ0) is 21.5. The number of hydrogen-bond acceptors (Lipinski definition) is 3. The summed E-state index contributed by atoms with van der Waals surface area (Å²) in [6.45, 7) is 1.21. The highest BCUT2D eigenvalue weighted by molar-refractivity contribution is 5.74. The molecule has 0 fully saturated rings. The number of carboxylic acids is 1. The van der Waals surface area contributed by atoms with Crippen LogP contribution >= 0.6 is 0 Å². The Bertz CT molecular complexity index is 1120. The van der Waals surface area contributed by atoms with Crippen molar-refractivity contribution in [2.75, 3.05) is 0 Å². The molecule has 1 N–H and O–H groups in total. The van der Waals surface area contributed by atoms with Crippen molar-refractivity contribution in [3.63, 3.8) is 0 Å². The maximum Gasteiger partial charge on any atom is 0.307 e. The molecule has 4 aromatic rings. The lowest BCUT2D eigenvalue weighted by Crippen LogP contribution is -2.02. The third-order valence-corrected chi connectivity index (χ3v) is 5.03. The monoisotopic (exact) mass is 412 g/mol. The molecule has 5 heteroatoms. The fourth-order valence-electron chi connectivity index (χ4n) is 3.45. The lowest BCUT2D eigenvalue weighted by atomic mass is 10.1. The van der Waals surface area contributed by atoms with E-state index < -0.39 is 5.97 Å². The van der Waals surface area contributed by atoms with E-state index in [4.69, 9.17) is 4.74 Å². The fraction of sp³-hybridized carbons (Fsp3) is 0.154. The quantitative estimate of drug-likeness (QED) is 0.420. The molecular formula is C26H24N2O3. The standard InChI is InChI=1S/C26H24N2O3/c29-25(30)17-23-18-28(27-26(23)22-9-5-2-6-10-22)16-15-20-11-13-24(14-12-20)31-19-21-7-3-1-4-8-21/h1-14,18H,15-17,19H2,(H,29,30). The number of aliphatic carboxylic acids is 1. The minimum absolute atomic E-state index is 0.0440. The molecule has 156 valence electrons. The Balaban J connectivity index is 1.39. The minimum atomic E-state index is -0.858. The van der Waals surface area contributed by atoms with Crippen LogP contribution in [0.15, 0.2) is 91.1 Å². The molecule has 0 atom stereocenters. The van der Waals surface area contributed by atoms with Crippen molar-refractivity contribution in [2.24, 2.45) is 0 Å². The summed E-state index contributed by atoms with van der Waals surface area (Å²) in [4.78, 5) is 11.3. The first-order valence-electron chi connectivity index (χ1n) is 10.3. The zero-order valence-corrected chi connectivity index (χ0v) is 17.1. The van der Waals surface area contributed by atoms with Gasteiger partial charge in [0.1, 0.15) is 12.4 Å². The zero-order valence-electron chi connectivity index (χ0n) is 17.1. The van der Waals surface area contributed by atoms with Gasteiger partial charge in [-0.1, -0.05) is 72.8 Å². The number of hydrogen-bond donors (Lipinski definition) is 1. The van der Waals surface area contributed by atoms with E-state index in [1.807, 2.05) is 83.7 Å². The number of rotatable bonds is 9. The number of carbonyl (C=O) groups is 1. The summed E-state index contributed by atoms with van der Waals surface area (Å²) < 4.78 is 7.68. The average molecular weight is 412 g/mol. The Labute approximate surface area is 181 Å². The maximum atomic E-state index is 11.3. The van der Waals surface area contributed by atoms with Crippen LogP contribution in [-0.2, 0) is 30.8 Å². The Kier molecular flexibility index (Phi) is 6.43. The van der Waals surface area contributed by atoms with E-state index in [-0.39, 0.29) is 6.42 Å². The molecule has 5 nitrogen and oxygen atoms in total. The Morgan fingerprint density at radius 2 is 1.55 bits per heavy atom. The van der Waals surface area contributed by atoms with E-state index in [2.05, 4.69) is 17.2 Å². The van der Waals surface area contributed by atoms with Crippen LogP contribution < -0.4 is 4.74 Å². The highest BCUT2D eigenvalue weighted by atomic mass is 16.5. The van der Waals surface area contributed by atoms with Crippen molar-refractivity contribution in [3.8, 4) is 17.0 Å². The molecular weight excluding hydrogens is 388 g/mol. The SMILES string of the molecule is O=C(O)Cc1cn(CCc2ccc(OCc3ccccc3)cc2)nc1-c1ccccc1. The first-order chi connectivity index (χ1) is 15.2. The van der Waals surface area contributed by atoms with E-state index in [0.717, 1.165) is 34.6 Å². The van der Waals surface area contributed by atoms with Crippen molar-refractivity contribution < 1.29 is 14.6 Å². The van der Waals surface area contributed by atoms with E-state index in [9.17, 15) is 9.90 Å². The third-order valence-electron chi connectivity index (χ3n) is 5.03. The summed E-state index contributed by atoms with van der Waals surface area (Å²) in [5.41, 5.74) is 4.69. The number of carboxylic acid groups (broad SMARTS) is 1.